The minimum atomic E-state index is 0.736. The molecule has 0 saturated carbocycles. The second-order valence-electron chi connectivity index (χ2n) is 4.10. The first-order chi connectivity index (χ1) is 5.88. The average Bonchev–Trinajstić information content (AvgIpc) is 2.57. The van der Waals surface area contributed by atoms with Crippen molar-refractivity contribution in [1.82, 2.24) is 4.90 Å². The van der Waals surface area contributed by atoms with Crippen LogP contribution in [0.2, 0.25) is 0 Å². The number of piperidine rings is 1. The van der Waals surface area contributed by atoms with Crippen LogP contribution in [0.1, 0.15) is 32.6 Å². The van der Waals surface area contributed by atoms with E-state index in [-0.39, 0.29) is 0 Å². The van der Waals surface area contributed by atoms with Gasteiger partial charge in [0.15, 0.2) is 0 Å². The Balaban J connectivity index is 1.91. The van der Waals surface area contributed by atoms with Crippen LogP contribution in [0.4, 0.5) is 0 Å². The summed E-state index contributed by atoms with van der Waals surface area (Å²) in [4.78, 5) is 2.65. The predicted molar refractivity (Wildman–Crippen MR) is 49.2 cm³/mol. The van der Waals surface area contributed by atoms with Crippen molar-refractivity contribution in [2.24, 2.45) is 0 Å². The lowest BCUT2D eigenvalue weighted by molar-refractivity contribution is 0.0889. The van der Waals surface area contributed by atoms with Crippen molar-refractivity contribution < 1.29 is 4.74 Å². The van der Waals surface area contributed by atoms with Crippen LogP contribution in [0.25, 0.3) is 0 Å². The molecule has 0 radical (unpaired) electrons. The minimum absolute atomic E-state index is 0.736. The van der Waals surface area contributed by atoms with Crippen LogP contribution in [-0.4, -0.2) is 36.7 Å². The predicted octanol–water partition coefficient (Wildman–Crippen LogP) is 1.65. The zero-order valence-corrected chi connectivity index (χ0v) is 7.96. The molecule has 70 valence electrons. The Kier molecular flexibility index (Phi) is 2.66. The van der Waals surface area contributed by atoms with E-state index in [0.29, 0.717) is 0 Å². The average molecular weight is 169 g/mol. The molecule has 0 aliphatic carbocycles. The molecule has 2 aliphatic heterocycles. The summed E-state index contributed by atoms with van der Waals surface area (Å²) in [6, 6.07) is 1.53. The molecule has 2 atom stereocenters. The molecule has 2 aliphatic rings. The van der Waals surface area contributed by atoms with Crippen molar-refractivity contribution in [3.8, 4) is 0 Å². The third kappa shape index (κ3) is 1.64. The Hall–Kier alpha value is -0.0800. The van der Waals surface area contributed by atoms with E-state index in [1.54, 1.807) is 0 Å². The third-order valence-corrected chi connectivity index (χ3v) is 3.23. The second kappa shape index (κ2) is 3.75. The second-order valence-corrected chi connectivity index (χ2v) is 4.10. The molecule has 0 aromatic heterocycles. The van der Waals surface area contributed by atoms with Crippen molar-refractivity contribution in [2.75, 3.05) is 19.8 Å². The highest BCUT2D eigenvalue weighted by molar-refractivity contribution is 4.82. The van der Waals surface area contributed by atoms with Gasteiger partial charge in [0.2, 0.25) is 0 Å². The van der Waals surface area contributed by atoms with Gasteiger partial charge >= 0.3 is 0 Å². The van der Waals surface area contributed by atoms with E-state index < -0.39 is 0 Å². The molecular weight excluding hydrogens is 150 g/mol. The Bertz CT molecular complexity index is 143. The summed E-state index contributed by atoms with van der Waals surface area (Å²) in [7, 11) is 0. The summed E-state index contributed by atoms with van der Waals surface area (Å²) in [5, 5.41) is 0. The standard InChI is InChI=1S/C10H19NO/c1-9-4-2-3-6-11(9)10-5-7-12-8-10/h9-10H,2-8H2,1H3/t9-,10-/m1/s1. The van der Waals surface area contributed by atoms with E-state index in [1.165, 1.54) is 32.2 Å². The van der Waals surface area contributed by atoms with Crippen LogP contribution in [0, 0.1) is 0 Å². The minimum Gasteiger partial charge on any atom is -0.380 e. The zero-order chi connectivity index (χ0) is 8.39. The molecule has 0 aromatic rings. The molecule has 0 amide bonds. The fraction of sp³-hybridized carbons (Fsp3) is 1.00. The lowest BCUT2D eigenvalue weighted by Gasteiger charge is -2.37. The molecular formula is C10H19NO. The van der Waals surface area contributed by atoms with E-state index in [4.69, 9.17) is 4.74 Å². The van der Waals surface area contributed by atoms with Gasteiger partial charge in [0.1, 0.15) is 0 Å². The maximum absolute atomic E-state index is 5.42. The van der Waals surface area contributed by atoms with Crippen molar-refractivity contribution in [3.05, 3.63) is 0 Å². The van der Waals surface area contributed by atoms with E-state index >= 15 is 0 Å². The number of rotatable bonds is 1. The van der Waals surface area contributed by atoms with E-state index in [9.17, 15) is 0 Å². The summed E-state index contributed by atoms with van der Waals surface area (Å²) in [6.45, 7) is 5.62. The van der Waals surface area contributed by atoms with Crippen LogP contribution >= 0.6 is 0 Å². The molecule has 2 fully saturated rings. The zero-order valence-electron chi connectivity index (χ0n) is 7.96. The first-order valence-corrected chi connectivity index (χ1v) is 5.21. The van der Waals surface area contributed by atoms with Gasteiger partial charge in [0.05, 0.1) is 6.61 Å². The first-order valence-electron chi connectivity index (χ1n) is 5.21. The lowest BCUT2D eigenvalue weighted by Crippen LogP contribution is -2.45. The smallest absolute Gasteiger partial charge is 0.0622 e. The molecule has 0 bridgehead atoms. The number of hydrogen-bond donors (Lipinski definition) is 0. The Morgan fingerprint density at radius 1 is 1.25 bits per heavy atom. The molecule has 2 saturated heterocycles. The molecule has 2 rings (SSSR count). The molecule has 12 heavy (non-hydrogen) atoms. The highest BCUT2D eigenvalue weighted by Gasteiger charge is 2.28. The summed E-state index contributed by atoms with van der Waals surface area (Å²) in [5.41, 5.74) is 0. The first kappa shape index (κ1) is 8.52. The lowest BCUT2D eigenvalue weighted by atomic mass is 10.0. The highest BCUT2D eigenvalue weighted by atomic mass is 16.5. The summed E-state index contributed by atoms with van der Waals surface area (Å²) in [5.74, 6) is 0. The van der Waals surface area contributed by atoms with Crippen LogP contribution < -0.4 is 0 Å². The van der Waals surface area contributed by atoms with Gasteiger partial charge in [0.25, 0.3) is 0 Å². The van der Waals surface area contributed by atoms with Gasteiger partial charge in [0, 0.05) is 18.7 Å². The Labute approximate surface area is 74.9 Å². The van der Waals surface area contributed by atoms with E-state index in [1.807, 2.05) is 0 Å². The molecule has 0 aromatic carbocycles. The molecule has 0 unspecified atom stereocenters. The largest absolute Gasteiger partial charge is 0.380 e. The van der Waals surface area contributed by atoms with E-state index in [0.717, 1.165) is 25.3 Å². The maximum atomic E-state index is 5.42. The van der Waals surface area contributed by atoms with Crippen molar-refractivity contribution in [2.45, 2.75) is 44.7 Å². The Morgan fingerprint density at radius 3 is 2.83 bits per heavy atom. The Morgan fingerprint density at radius 2 is 2.17 bits per heavy atom. The van der Waals surface area contributed by atoms with Gasteiger partial charge < -0.3 is 4.74 Å². The summed E-state index contributed by atoms with van der Waals surface area (Å²) >= 11 is 0. The van der Waals surface area contributed by atoms with Gasteiger partial charge in [-0.25, -0.2) is 0 Å². The highest BCUT2D eigenvalue weighted by Crippen LogP contribution is 2.22. The van der Waals surface area contributed by atoms with Gasteiger partial charge in [-0.2, -0.15) is 0 Å². The molecule has 0 N–H and O–H groups in total. The normalized spacial score (nSPS) is 38.8. The molecule has 2 heterocycles. The van der Waals surface area contributed by atoms with Gasteiger partial charge in [-0.05, 0) is 32.7 Å². The number of ether oxygens (including phenoxy) is 1. The fourth-order valence-electron chi connectivity index (χ4n) is 2.45. The number of likely N-dealkylation sites (tertiary alicyclic amines) is 1. The third-order valence-electron chi connectivity index (χ3n) is 3.23. The van der Waals surface area contributed by atoms with Crippen molar-refractivity contribution >= 4 is 0 Å². The molecule has 0 spiro atoms. The van der Waals surface area contributed by atoms with Crippen LogP contribution in [0.5, 0.6) is 0 Å². The number of nitrogens with zero attached hydrogens (tertiary/aromatic N) is 1. The van der Waals surface area contributed by atoms with Gasteiger partial charge in [-0.15, -0.1) is 0 Å². The fourth-order valence-corrected chi connectivity index (χ4v) is 2.45. The summed E-state index contributed by atoms with van der Waals surface area (Å²) < 4.78 is 5.42. The van der Waals surface area contributed by atoms with Crippen LogP contribution in [0.15, 0.2) is 0 Å². The van der Waals surface area contributed by atoms with Crippen LogP contribution in [0.3, 0.4) is 0 Å². The van der Waals surface area contributed by atoms with Gasteiger partial charge in [-0.3, -0.25) is 4.90 Å². The topological polar surface area (TPSA) is 12.5 Å². The monoisotopic (exact) mass is 169 g/mol. The van der Waals surface area contributed by atoms with Crippen LogP contribution in [-0.2, 0) is 4.74 Å². The SMILES string of the molecule is C[C@@H]1CCCCN1[C@@H]1CCOC1. The van der Waals surface area contributed by atoms with Crippen molar-refractivity contribution in [1.29, 1.82) is 0 Å². The molecule has 2 heteroatoms. The van der Waals surface area contributed by atoms with Crippen molar-refractivity contribution in [3.63, 3.8) is 0 Å². The van der Waals surface area contributed by atoms with Gasteiger partial charge in [-0.1, -0.05) is 6.42 Å². The maximum Gasteiger partial charge on any atom is 0.0622 e. The van der Waals surface area contributed by atoms with E-state index in [2.05, 4.69) is 11.8 Å². The molecule has 2 nitrogen and oxygen atoms in total. The number of hydrogen-bond acceptors (Lipinski definition) is 2. The quantitative estimate of drug-likeness (QED) is 0.592. The summed E-state index contributed by atoms with van der Waals surface area (Å²) in [6.07, 6.45) is 5.45.